The van der Waals surface area contributed by atoms with Crippen LogP contribution in [0.25, 0.3) is 27.9 Å². The van der Waals surface area contributed by atoms with E-state index in [9.17, 15) is 14.7 Å². The molecule has 1 fully saturated rings. The first-order valence-corrected chi connectivity index (χ1v) is 18.7. The molecule has 2 unspecified atom stereocenters. The fourth-order valence-corrected chi connectivity index (χ4v) is 8.07. The van der Waals surface area contributed by atoms with E-state index in [0.717, 1.165) is 105 Å². The van der Waals surface area contributed by atoms with Gasteiger partial charge in [-0.15, -0.1) is 0 Å². The highest BCUT2D eigenvalue weighted by molar-refractivity contribution is 9.10. The van der Waals surface area contributed by atoms with Crippen molar-refractivity contribution in [3.8, 4) is 27.9 Å². The van der Waals surface area contributed by atoms with Gasteiger partial charge in [-0.3, -0.25) is 19.8 Å². The Kier molecular flexibility index (Phi) is 10.6. The van der Waals surface area contributed by atoms with Crippen molar-refractivity contribution in [1.82, 2.24) is 24.9 Å². The molecule has 3 aromatic carbocycles. The van der Waals surface area contributed by atoms with Gasteiger partial charge >= 0.3 is 0 Å². The maximum absolute atomic E-state index is 12.5. The van der Waals surface area contributed by atoms with Gasteiger partial charge in [-0.25, -0.2) is 4.98 Å². The molecule has 0 saturated carbocycles. The summed E-state index contributed by atoms with van der Waals surface area (Å²) in [6, 6.07) is 16.2. The first-order valence-electron chi connectivity index (χ1n) is 17.9. The van der Waals surface area contributed by atoms with Gasteiger partial charge in [0.05, 0.1) is 23.8 Å². The Balaban J connectivity index is 0.954. The van der Waals surface area contributed by atoms with Gasteiger partial charge in [0.25, 0.3) is 0 Å². The van der Waals surface area contributed by atoms with Crippen molar-refractivity contribution >= 4 is 39.1 Å². The number of piperidine rings is 1. The summed E-state index contributed by atoms with van der Waals surface area (Å²) in [6.07, 6.45) is 9.54. The number of fused-ring (bicyclic) bond motifs is 1. The number of nitrogens with one attached hydrogen (secondary N) is 3. The third-order valence-corrected chi connectivity index (χ3v) is 10.9. The van der Waals surface area contributed by atoms with Crippen molar-refractivity contribution in [1.29, 1.82) is 0 Å². The van der Waals surface area contributed by atoms with Gasteiger partial charge in [-0.05, 0) is 114 Å². The van der Waals surface area contributed by atoms with E-state index in [4.69, 9.17) is 4.52 Å². The van der Waals surface area contributed by atoms with Gasteiger partial charge in [0.1, 0.15) is 12.0 Å². The predicted molar refractivity (Wildman–Crippen MR) is 205 cm³/mol. The summed E-state index contributed by atoms with van der Waals surface area (Å²) >= 11 is 3.79. The molecule has 2 amide bonds. The number of carbonyl (C=O) groups is 2. The lowest BCUT2D eigenvalue weighted by atomic mass is 9.93. The van der Waals surface area contributed by atoms with Crippen molar-refractivity contribution < 1.29 is 19.2 Å². The van der Waals surface area contributed by atoms with Crippen LogP contribution in [0, 0.1) is 20.8 Å². The molecule has 2 aromatic heterocycles. The number of aliphatic hydroxyl groups excluding tert-OH is 1. The van der Waals surface area contributed by atoms with Crippen LogP contribution in [0.4, 0.5) is 11.4 Å². The van der Waals surface area contributed by atoms with E-state index < -0.39 is 12.3 Å². The number of aliphatic hydroxyl groups is 1. The molecule has 1 saturated heterocycles. The molecule has 11 nitrogen and oxygen atoms in total. The third-order valence-electron chi connectivity index (χ3n) is 10.3. The lowest BCUT2D eigenvalue weighted by Crippen LogP contribution is -2.51. The molecule has 2 aliphatic rings. The van der Waals surface area contributed by atoms with Crippen molar-refractivity contribution in [2.24, 2.45) is 0 Å². The normalized spacial score (nSPS) is 17.3. The Bertz CT molecular complexity index is 2070. The number of nitrogens with zero attached hydrogens (tertiary/aromatic N) is 4. The summed E-state index contributed by atoms with van der Waals surface area (Å²) < 4.78 is 8.52. The van der Waals surface area contributed by atoms with Crippen LogP contribution in [0.1, 0.15) is 72.9 Å². The lowest BCUT2D eigenvalue weighted by molar-refractivity contribution is -0.141. The van der Waals surface area contributed by atoms with Crippen molar-refractivity contribution in [2.75, 3.05) is 23.7 Å². The van der Waals surface area contributed by atoms with Crippen molar-refractivity contribution in [3.05, 3.63) is 99.9 Å². The molecule has 0 bridgehead atoms. The summed E-state index contributed by atoms with van der Waals surface area (Å²) in [7, 11) is 0. The second-order valence-electron chi connectivity index (χ2n) is 13.7. The quantitative estimate of drug-likeness (QED) is 0.0706. The maximum atomic E-state index is 12.5. The van der Waals surface area contributed by atoms with Crippen LogP contribution in [0.3, 0.4) is 0 Å². The standard InChI is InChI=1S/C40H44BrN7O4/c1-24-30(27-11-12-35(32(41)20-27)47-18-17-42-23-47)19-28(38-25(2)46-52-26(38)3)21-34(24)44-16-7-5-4-6-15-43-33-10-8-9-29-31(33)22-48(40(29)51)36-13-14-37(49)45-39(36)50/h8-12,17-21,23,36,40,43-44,51H,4-7,13-16,22H2,1-3H3,(H,45,49,50). The Hall–Kier alpha value is -4.78. The topological polar surface area (TPSA) is 138 Å². The number of benzene rings is 3. The minimum absolute atomic E-state index is 0.254. The van der Waals surface area contributed by atoms with Gasteiger partial charge in [0, 0.05) is 65.4 Å². The number of rotatable bonds is 13. The van der Waals surface area contributed by atoms with Gasteiger partial charge in [0.15, 0.2) is 0 Å². The zero-order valence-electron chi connectivity index (χ0n) is 29.7. The van der Waals surface area contributed by atoms with Gasteiger partial charge < -0.3 is 24.8 Å². The Morgan fingerprint density at radius 1 is 0.981 bits per heavy atom. The summed E-state index contributed by atoms with van der Waals surface area (Å²) in [4.78, 5) is 30.1. The minimum Gasteiger partial charge on any atom is -0.385 e. The van der Waals surface area contributed by atoms with E-state index in [1.54, 1.807) is 17.4 Å². The highest BCUT2D eigenvalue weighted by Crippen LogP contribution is 2.40. The maximum Gasteiger partial charge on any atom is 0.244 e. The van der Waals surface area contributed by atoms with E-state index in [1.807, 2.05) is 42.8 Å². The molecule has 2 aliphatic heterocycles. The van der Waals surface area contributed by atoms with Gasteiger partial charge in [-0.1, -0.05) is 36.2 Å². The number of anilines is 2. The number of aryl methyl sites for hydroxylation is 2. The molecule has 4 N–H and O–H groups in total. The van der Waals surface area contributed by atoms with E-state index >= 15 is 0 Å². The first-order chi connectivity index (χ1) is 25.2. The van der Waals surface area contributed by atoms with Crippen LogP contribution < -0.4 is 16.0 Å². The highest BCUT2D eigenvalue weighted by Gasteiger charge is 2.40. The average Bonchev–Trinajstić information content (AvgIpc) is 3.86. The van der Waals surface area contributed by atoms with Crippen LogP contribution in [0.5, 0.6) is 0 Å². The minimum atomic E-state index is -0.867. The first kappa shape index (κ1) is 35.6. The highest BCUT2D eigenvalue weighted by atomic mass is 79.9. The average molecular weight is 767 g/mol. The van der Waals surface area contributed by atoms with Crippen LogP contribution in [0.15, 0.2) is 76.2 Å². The molecular weight excluding hydrogens is 722 g/mol. The van der Waals surface area contributed by atoms with E-state index in [-0.39, 0.29) is 18.2 Å². The van der Waals surface area contributed by atoms with Crippen LogP contribution in [0.2, 0.25) is 0 Å². The Morgan fingerprint density at radius 3 is 2.46 bits per heavy atom. The molecule has 0 spiro atoms. The molecular formula is C40H44BrN7O4. The number of aromatic nitrogens is 3. The molecule has 0 aliphatic carbocycles. The monoisotopic (exact) mass is 765 g/mol. The molecule has 12 heteroatoms. The van der Waals surface area contributed by atoms with Crippen molar-refractivity contribution in [2.45, 2.75) is 78.1 Å². The molecule has 7 rings (SSSR count). The second-order valence-corrected chi connectivity index (χ2v) is 14.5. The number of amides is 2. The summed E-state index contributed by atoms with van der Waals surface area (Å²) in [5, 5.41) is 25.0. The largest absolute Gasteiger partial charge is 0.385 e. The van der Waals surface area contributed by atoms with E-state index in [0.29, 0.717) is 13.0 Å². The SMILES string of the molecule is Cc1noc(C)c1-c1cc(NCCCCCCNc2cccc3c2CN(C2CCC(=O)NC2=O)C3O)c(C)c(-c2ccc(-n3ccnc3)c(Br)c2)c1. The fraction of sp³-hybridized carbons (Fsp3) is 0.350. The summed E-state index contributed by atoms with van der Waals surface area (Å²) in [5.41, 5.74) is 11.3. The van der Waals surface area contributed by atoms with E-state index in [1.165, 1.54) is 5.56 Å². The number of carbonyl (C=O) groups excluding carboxylic acids is 2. The number of imide groups is 1. The van der Waals surface area contributed by atoms with Gasteiger partial charge in [0.2, 0.25) is 11.8 Å². The predicted octanol–water partition coefficient (Wildman–Crippen LogP) is 7.58. The lowest BCUT2D eigenvalue weighted by Gasteiger charge is -2.31. The van der Waals surface area contributed by atoms with Crippen LogP contribution in [-0.4, -0.2) is 55.7 Å². The Morgan fingerprint density at radius 2 is 1.77 bits per heavy atom. The molecule has 4 heterocycles. The number of hydrogen-bond acceptors (Lipinski definition) is 9. The van der Waals surface area contributed by atoms with Crippen LogP contribution in [-0.2, 0) is 16.1 Å². The molecule has 5 aromatic rings. The van der Waals surface area contributed by atoms with E-state index in [2.05, 4.69) is 79.3 Å². The number of unbranched alkanes of at least 4 members (excludes halogenated alkanes) is 3. The number of hydrogen-bond donors (Lipinski definition) is 4. The molecule has 2 atom stereocenters. The fourth-order valence-electron chi connectivity index (χ4n) is 7.49. The Labute approximate surface area is 311 Å². The molecule has 0 radical (unpaired) electrons. The van der Waals surface area contributed by atoms with Gasteiger partial charge in [-0.2, -0.15) is 0 Å². The molecule has 270 valence electrons. The van der Waals surface area contributed by atoms with Crippen LogP contribution >= 0.6 is 15.9 Å². The molecule has 52 heavy (non-hydrogen) atoms. The summed E-state index contributed by atoms with van der Waals surface area (Å²) in [6.45, 7) is 8.23. The zero-order chi connectivity index (χ0) is 36.4. The second kappa shape index (κ2) is 15.4. The zero-order valence-corrected chi connectivity index (χ0v) is 31.3. The smallest absolute Gasteiger partial charge is 0.244 e. The van der Waals surface area contributed by atoms with Crippen molar-refractivity contribution in [3.63, 3.8) is 0 Å². The number of halogens is 1. The summed E-state index contributed by atoms with van der Waals surface area (Å²) in [5.74, 6) is 0.211. The third kappa shape index (κ3) is 7.28. The number of imidazole rings is 1.